The second kappa shape index (κ2) is 3.71. The first-order valence-corrected chi connectivity index (χ1v) is 3.80. The number of hydrogen-bond acceptors (Lipinski definition) is 4. The van der Waals surface area contributed by atoms with Crippen LogP contribution < -0.4 is 11.5 Å². The normalized spacial score (nSPS) is 12.9. The van der Waals surface area contributed by atoms with Crippen LogP contribution in [-0.4, -0.2) is 16.7 Å². The van der Waals surface area contributed by atoms with E-state index in [9.17, 15) is 0 Å². The Bertz CT molecular complexity index is 279. The SMILES string of the molecule is Nc1cc([C@H](N)CO)cnc1Cl. The predicted octanol–water partition coefficient (Wildman–Crippen LogP) is 0.309. The van der Waals surface area contributed by atoms with Crippen molar-refractivity contribution in [3.63, 3.8) is 0 Å². The fraction of sp³-hybridized carbons (Fsp3) is 0.286. The minimum atomic E-state index is -0.447. The Kier molecular flexibility index (Phi) is 2.86. The van der Waals surface area contributed by atoms with Gasteiger partial charge in [-0.25, -0.2) is 4.98 Å². The van der Waals surface area contributed by atoms with Crippen LogP contribution in [0.25, 0.3) is 0 Å². The molecule has 0 aliphatic rings. The molecule has 0 unspecified atom stereocenters. The monoisotopic (exact) mass is 187 g/mol. The molecule has 1 aromatic heterocycles. The van der Waals surface area contributed by atoms with E-state index in [1.807, 2.05) is 0 Å². The van der Waals surface area contributed by atoms with Crippen molar-refractivity contribution in [1.29, 1.82) is 0 Å². The third-order valence-electron chi connectivity index (χ3n) is 1.51. The predicted molar refractivity (Wildman–Crippen MR) is 47.7 cm³/mol. The number of nitrogen functional groups attached to an aromatic ring is 1. The van der Waals surface area contributed by atoms with Crippen molar-refractivity contribution in [2.45, 2.75) is 6.04 Å². The summed E-state index contributed by atoms with van der Waals surface area (Å²) in [6, 6.07) is 1.16. The van der Waals surface area contributed by atoms with Crippen LogP contribution in [0.4, 0.5) is 5.69 Å². The summed E-state index contributed by atoms with van der Waals surface area (Å²) < 4.78 is 0. The number of halogens is 1. The Morgan fingerprint density at radius 2 is 2.33 bits per heavy atom. The van der Waals surface area contributed by atoms with E-state index in [0.29, 0.717) is 11.3 Å². The molecule has 1 rings (SSSR count). The Labute approximate surface area is 75.2 Å². The number of nitrogens with zero attached hydrogens (tertiary/aromatic N) is 1. The molecule has 0 saturated carbocycles. The summed E-state index contributed by atoms with van der Waals surface area (Å²) in [6.45, 7) is -0.136. The summed E-state index contributed by atoms with van der Waals surface area (Å²) in [5, 5.41) is 8.98. The van der Waals surface area contributed by atoms with Crippen molar-refractivity contribution in [2.75, 3.05) is 12.3 Å². The molecular weight excluding hydrogens is 178 g/mol. The van der Waals surface area contributed by atoms with Gasteiger partial charge in [0.25, 0.3) is 0 Å². The van der Waals surface area contributed by atoms with E-state index < -0.39 is 6.04 Å². The van der Waals surface area contributed by atoms with Crippen molar-refractivity contribution >= 4 is 17.3 Å². The topological polar surface area (TPSA) is 85.2 Å². The van der Waals surface area contributed by atoms with E-state index in [1.165, 1.54) is 6.20 Å². The fourth-order valence-electron chi connectivity index (χ4n) is 0.790. The van der Waals surface area contributed by atoms with Crippen molar-refractivity contribution < 1.29 is 5.11 Å². The summed E-state index contributed by atoms with van der Waals surface area (Å²) >= 11 is 5.59. The van der Waals surface area contributed by atoms with E-state index in [1.54, 1.807) is 6.07 Å². The Hall–Kier alpha value is -0.840. The van der Waals surface area contributed by atoms with Gasteiger partial charge in [-0.3, -0.25) is 0 Å². The zero-order chi connectivity index (χ0) is 9.14. The van der Waals surface area contributed by atoms with Crippen LogP contribution in [0.15, 0.2) is 12.3 Å². The van der Waals surface area contributed by atoms with Crippen LogP contribution in [0.1, 0.15) is 11.6 Å². The number of aliphatic hydroxyl groups excluding tert-OH is 1. The molecule has 1 atom stereocenters. The van der Waals surface area contributed by atoms with Gasteiger partial charge in [-0.2, -0.15) is 0 Å². The van der Waals surface area contributed by atoms with Gasteiger partial charge in [0, 0.05) is 6.20 Å². The van der Waals surface area contributed by atoms with Crippen molar-refractivity contribution in [3.8, 4) is 0 Å². The lowest BCUT2D eigenvalue weighted by Crippen LogP contribution is -2.15. The molecule has 4 nitrogen and oxygen atoms in total. The summed E-state index contributed by atoms with van der Waals surface area (Å²) in [5.74, 6) is 0. The Morgan fingerprint density at radius 3 is 2.83 bits per heavy atom. The van der Waals surface area contributed by atoms with Gasteiger partial charge in [0.2, 0.25) is 0 Å². The maximum atomic E-state index is 8.72. The highest BCUT2D eigenvalue weighted by molar-refractivity contribution is 6.31. The molecule has 66 valence electrons. The van der Waals surface area contributed by atoms with Gasteiger partial charge < -0.3 is 16.6 Å². The van der Waals surface area contributed by atoms with Crippen LogP contribution in [0.5, 0.6) is 0 Å². The maximum absolute atomic E-state index is 8.72. The van der Waals surface area contributed by atoms with Crippen LogP contribution in [0, 0.1) is 0 Å². The molecule has 0 aliphatic carbocycles. The van der Waals surface area contributed by atoms with Crippen molar-refractivity contribution in [2.24, 2.45) is 5.73 Å². The first-order valence-electron chi connectivity index (χ1n) is 3.42. The van der Waals surface area contributed by atoms with Crippen molar-refractivity contribution in [3.05, 3.63) is 23.0 Å². The molecule has 5 N–H and O–H groups in total. The first kappa shape index (κ1) is 9.25. The van der Waals surface area contributed by atoms with Gasteiger partial charge in [0.05, 0.1) is 18.3 Å². The molecule has 5 heteroatoms. The first-order chi connectivity index (χ1) is 5.65. The number of aromatic nitrogens is 1. The molecule has 12 heavy (non-hydrogen) atoms. The molecule has 0 aliphatic heterocycles. The van der Waals surface area contributed by atoms with Gasteiger partial charge in [0.1, 0.15) is 0 Å². The third-order valence-corrected chi connectivity index (χ3v) is 1.83. The number of rotatable bonds is 2. The fourth-order valence-corrected chi connectivity index (χ4v) is 0.894. The molecule has 0 spiro atoms. The molecule has 0 amide bonds. The second-order valence-electron chi connectivity index (χ2n) is 2.44. The van der Waals surface area contributed by atoms with Gasteiger partial charge in [0.15, 0.2) is 5.15 Å². The van der Waals surface area contributed by atoms with Crippen LogP contribution in [0.3, 0.4) is 0 Å². The lowest BCUT2D eigenvalue weighted by Gasteiger charge is -2.08. The molecule has 1 heterocycles. The molecule has 0 fully saturated rings. The number of hydrogen-bond donors (Lipinski definition) is 3. The molecule has 0 radical (unpaired) electrons. The Balaban J connectivity index is 2.96. The summed E-state index contributed by atoms with van der Waals surface area (Å²) in [7, 11) is 0. The lowest BCUT2D eigenvalue weighted by molar-refractivity contribution is 0.268. The van der Waals surface area contributed by atoms with Gasteiger partial charge in [-0.05, 0) is 11.6 Å². The zero-order valence-corrected chi connectivity index (χ0v) is 7.12. The highest BCUT2D eigenvalue weighted by Crippen LogP contribution is 2.18. The minimum absolute atomic E-state index is 0.136. The quantitative estimate of drug-likeness (QED) is 0.582. The standard InChI is InChI=1S/C7H10ClN3O/c8-7-5(9)1-4(2-11-7)6(10)3-12/h1-2,6,12H,3,9-10H2/t6-/m1/s1. The van der Waals surface area contributed by atoms with E-state index >= 15 is 0 Å². The highest BCUT2D eigenvalue weighted by atomic mass is 35.5. The summed E-state index contributed by atoms with van der Waals surface area (Å²) in [6.07, 6.45) is 1.50. The molecular formula is C7H10ClN3O. The van der Waals surface area contributed by atoms with Crippen molar-refractivity contribution in [1.82, 2.24) is 4.98 Å². The van der Waals surface area contributed by atoms with Crippen LogP contribution in [-0.2, 0) is 0 Å². The van der Waals surface area contributed by atoms with E-state index in [2.05, 4.69) is 4.98 Å². The largest absolute Gasteiger partial charge is 0.396 e. The average Bonchev–Trinajstić information content (AvgIpc) is 2.08. The second-order valence-corrected chi connectivity index (χ2v) is 2.80. The lowest BCUT2D eigenvalue weighted by atomic mass is 10.1. The molecule has 0 aromatic carbocycles. The number of anilines is 1. The number of aliphatic hydroxyl groups is 1. The molecule has 1 aromatic rings. The van der Waals surface area contributed by atoms with Crippen LogP contribution in [0.2, 0.25) is 5.15 Å². The van der Waals surface area contributed by atoms with E-state index in [4.69, 9.17) is 28.2 Å². The smallest absolute Gasteiger partial charge is 0.151 e. The Morgan fingerprint density at radius 1 is 1.67 bits per heavy atom. The van der Waals surface area contributed by atoms with E-state index in [-0.39, 0.29) is 11.8 Å². The number of pyridine rings is 1. The summed E-state index contributed by atoms with van der Waals surface area (Å²) in [5.41, 5.74) is 12.1. The summed E-state index contributed by atoms with van der Waals surface area (Å²) in [4.78, 5) is 3.80. The third kappa shape index (κ3) is 1.85. The molecule has 0 bridgehead atoms. The van der Waals surface area contributed by atoms with Gasteiger partial charge in [-0.15, -0.1) is 0 Å². The number of nitrogens with two attached hydrogens (primary N) is 2. The average molecular weight is 188 g/mol. The van der Waals surface area contributed by atoms with Gasteiger partial charge in [-0.1, -0.05) is 11.6 Å². The van der Waals surface area contributed by atoms with Gasteiger partial charge >= 0.3 is 0 Å². The minimum Gasteiger partial charge on any atom is -0.396 e. The zero-order valence-electron chi connectivity index (χ0n) is 6.37. The maximum Gasteiger partial charge on any atom is 0.151 e. The van der Waals surface area contributed by atoms with Crippen LogP contribution >= 0.6 is 11.6 Å². The highest BCUT2D eigenvalue weighted by Gasteiger charge is 2.06. The van der Waals surface area contributed by atoms with E-state index in [0.717, 1.165) is 0 Å². The molecule has 0 saturated heterocycles.